The normalized spacial score (nSPS) is 14.5. The molecule has 3 heteroatoms. The molecular formula is C13H21NO2. The van der Waals surface area contributed by atoms with Crippen LogP contribution >= 0.6 is 0 Å². The van der Waals surface area contributed by atoms with Crippen LogP contribution in [0.5, 0.6) is 5.75 Å². The summed E-state index contributed by atoms with van der Waals surface area (Å²) in [6.45, 7) is 4.69. The molecule has 0 aliphatic carbocycles. The van der Waals surface area contributed by atoms with E-state index in [0.29, 0.717) is 6.61 Å². The van der Waals surface area contributed by atoms with Gasteiger partial charge in [0.05, 0.1) is 13.2 Å². The molecule has 0 bridgehead atoms. The fourth-order valence-electron chi connectivity index (χ4n) is 1.62. The van der Waals surface area contributed by atoms with E-state index < -0.39 is 0 Å². The van der Waals surface area contributed by atoms with E-state index in [1.165, 1.54) is 5.56 Å². The van der Waals surface area contributed by atoms with Gasteiger partial charge in [-0.3, -0.25) is 0 Å². The van der Waals surface area contributed by atoms with Crippen molar-refractivity contribution in [2.75, 3.05) is 13.7 Å². The Morgan fingerprint density at radius 3 is 2.75 bits per heavy atom. The molecule has 2 unspecified atom stereocenters. The summed E-state index contributed by atoms with van der Waals surface area (Å²) in [4.78, 5) is 0. The van der Waals surface area contributed by atoms with E-state index in [-0.39, 0.29) is 12.1 Å². The van der Waals surface area contributed by atoms with Gasteiger partial charge in [0.15, 0.2) is 0 Å². The molecular weight excluding hydrogens is 202 g/mol. The van der Waals surface area contributed by atoms with Crippen molar-refractivity contribution >= 4 is 0 Å². The molecule has 0 saturated carbocycles. The maximum Gasteiger partial charge on any atom is 0.119 e. The molecule has 1 rings (SSSR count). The second-order valence-electron chi connectivity index (χ2n) is 3.88. The summed E-state index contributed by atoms with van der Waals surface area (Å²) in [5.74, 6) is 0.869. The van der Waals surface area contributed by atoms with Crippen LogP contribution in [-0.4, -0.2) is 25.9 Å². The third kappa shape index (κ3) is 3.83. The lowest BCUT2D eigenvalue weighted by atomic mass is 10.0. The highest BCUT2D eigenvalue weighted by molar-refractivity contribution is 5.29. The minimum absolute atomic E-state index is 0.0204. The first-order valence-corrected chi connectivity index (χ1v) is 5.67. The molecule has 0 aromatic heterocycles. The Labute approximate surface area is 97.6 Å². The number of methoxy groups -OCH3 is 1. The zero-order valence-corrected chi connectivity index (χ0v) is 10.3. The van der Waals surface area contributed by atoms with Gasteiger partial charge in [-0.15, -0.1) is 0 Å². The average molecular weight is 223 g/mol. The summed E-state index contributed by atoms with van der Waals surface area (Å²) >= 11 is 0. The van der Waals surface area contributed by atoms with Crippen LogP contribution in [0.2, 0.25) is 0 Å². The monoisotopic (exact) mass is 223 g/mol. The predicted molar refractivity (Wildman–Crippen MR) is 65.8 cm³/mol. The molecule has 2 atom stereocenters. The average Bonchev–Trinajstić information content (AvgIpc) is 2.29. The van der Waals surface area contributed by atoms with Crippen molar-refractivity contribution in [3.05, 3.63) is 29.8 Å². The lowest BCUT2D eigenvalue weighted by Gasteiger charge is -2.19. The zero-order chi connectivity index (χ0) is 12.0. The molecule has 0 saturated heterocycles. The van der Waals surface area contributed by atoms with E-state index in [1.807, 2.05) is 32.0 Å². The van der Waals surface area contributed by atoms with Gasteiger partial charge in [0.25, 0.3) is 0 Å². The Morgan fingerprint density at radius 1 is 1.38 bits per heavy atom. The van der Waals surface area contributed by atoms with Gasteiger partial charge in [0, 0.05) is 12.6 Å². The molecule has 16 heavy (non-hydrogen) atoms. The van der Waals surface area contributed by atoms with Crippen molar-refractivity contribution in [3.63, 3.8) is 0 Å². The fourth-order valence-corrected chi connectivity index (χ4v) is 1.62. The van der Waals surface area contributed by atoms with E-state index in [0.717, 1.165) is 12.2 Å². The standard InChI is InChI=1S/C13H21NO2/c1-4-16-10(2)13(14)9-11-6-5-7-12(8-11)15-3/h5-8,10,13H,4,9,14H2,1-3H3. The number of ether oxygens (including phenoxy) is 2. The molecule has 0 spiro atoms. The van der Waals surface area contributed by atoms with Gasteiger partial charge in [-0.1, -0.05) is 12.1 Å². The molecule has 1 aromatic rings. The smallest absolute Gasteiger partial charge is 0.119 e. The lowest BCUT2D eigenvalue weighted by Crippen LogP contribution is -2.36. The van der Waals surface area contributed by atoms with Crippen LogP contribution in [-0.2, 0) is 11.2 Å². The summed E-state index contributed by atoms with van der Waals surface area (Å²) in [5.41, 5.74) is 7.24. The molecule has 2 N–H and O–H groups in total. The molecule has 0 heterocycles. The molecule has 3 nitrogen and oxygen atoms in total. The maximum absolute atomic E-state index is 6.06. The number of hydrogen-bond acceptors (Lipinski definition) is 3. The number of benzene rings is 1. The summed E-state index contributed by atoms with van der Waals surface area (Å²) in [5, 5.41) is 0. The highest BCUT2D eigenvalue weighted by atomic mass is 16.5. The van der Waals surface area contributed by atoms with Crippen LogP contribution in [0.4, 0.5) is 0 Å². The van der Waals surface area contributed by atoms with Gasteiger partial charge >= 0.3 is 0 Å². The molecule has 90 valence electrons. The maximum atomic E-state index is 6.06. The van der Waals surface area contributed by atoms with Gasteiger partial charge in [0.2, 0.25) is 0 Å². The van der Waals surface area contributed by atoms with Crippen molar-refractivity contribution in [1.82, 2.24) is 0 Å². The molecule has 0 aliphatic rings. The van der Waals surface area contributed by atoms with E-state index in [9.17, 15) is 0 Å². The number of hydrogen-bond donors (Lipinski definition) is 1. The first kappa shape index (κ1) is 13.0. The third-order valence-electron chi connectivity index (χ3n) is 2.64. The molecule has 0 fully saturated rings. The summed E-state index contributed by atoms with van der Waals surface area (Å²) < 4.78 is 10.6. The van der Waals surface area contributed by atoms with E-state index in [1.54, 1.807) is 7.11 Å². The Balaban J connectivity index is 2.58. The topological polar surface area (TPSA) is 44.5 Å². The van der Waals surface area contributed by atoms with Crippen LogP contribution in [0, 0.1) is 0 Å². The molecule has 0 radical (unpaired) electrons. The number of nitrogens with two attached hydrogens (primary N) is 1. The fraction of sp³-hybridized carbons (Fsp3) is 0.538. The third-order valence-corrected chi connectivity index (χ3v) is 2.64. The van der Waals surface area contributed by atoms with Crippen molar-refractivity contribution in [1.29, 1.82) is 0 Å². The van der Waals surface area contributed by atoms with Crippen molar-refractivity contribution in [2.24, 2.45) is 5.73 Å². The minimum Gasteiger partial charge on any atom is -0.497 e. The quantitative estimate of drug-likeness (QED) is 0.802. The van der Waals surface area contributed by atoms with Crippen LogP contribution < -0.4 is 10.5 Å². The number of rotatable bonds is 6. The van der Waals surface area contributed by atoms with Crippen molar-refractivity contribution in [2.45, 2.75) is 32.4 Å². The summed E-state index contributed by atoms with van der Waals surface area (Å²) in [7, 11) is 1.67. The molecule has 0 aliphatic heterocycles. The van der Waals surface area contributed by atoms with Gasteiger partial charge in [-0.25, -0.2) is 0 Å². The SMILES string of the molecule is CCOC(C)C(N)Cc1cccc(OC)c1. The lowest BCUT2D eigenvalue weighted by molar-refractivity contribution is 0.0577. The van der Waals surface area contributed by atoms with E-state index in [4.69, 9.17) is 15.2 Å². The minimum atomic E-state index is 0.0204. The predicted octanol–water partition coefficient (Wildman–Crippen LogP) is 1.99. The zero-order valence-electron chi connectivity index (χ0n) is 10.3. The van der Waals surface area contributed by atoms with Crippen LogP contribution in [0.15, 0.2) is 24.3 Å². The molecule has 0 amide bonds. The van der Waals surface area contributed by atoms with E-state index >= 15 is 0 Å². The second kappa shape index (κ2) is 6.51. The van der Waals surface area contributed by atoms with Gasteiger partial charge < -0.3 is 15.2 Å². The Kier molecular flexibility index (Phi) is 5.29. The second-order valence-corrected chi connectivity index (χ2v) is 3.88. The Morgan fingerprint density at radius 2 is 2.12 bits per heavy atom. The molecule has 1 aromatic carbocycles. The first-order valence-electron chi connectivity index (χ1n) is 5.67. The highest BCUT2D eigenvalue weighted by Crippen LogP contribution is 2.14. The van der Waals surface area contributed by atoms with Crippen LogP contribution in [0.3, 0.4) is 0 Å². The van der Waals surface area contributed by atoms with E-state index in [2.05, 4.69) is 6.07 Å². The summed E-state index contributed by atoms with van der Waals surface area (Å²) in [6, 6.07) is 8.00. The van der Waals surface area contributed by atoms with Crippen LogP contribution in [0.1, 0.15) is 19.4 Å². The Hall–Kier alpha value is -1.06. The first-order chi connectivity index (χ1) is 7.67. The largest absolute Gasteiger partial charge is 0.497 e. The summed E-state index contributed by atoms with van der Waals surface area (Å²) in [6.07, 6.45) is 0.884. The van der Waals surface area contributed by atoms with Gasteiger partial charge in [0.1, 0.15) is 5.75 Å². The van der Waals surface area contributed by atoms with Crippen LogP contribution in [0.25, 0.3) is 0 Å². The highest BCUT2D eigenvalue weighted by Gasteiger charge is 2.13. The van der Waals surface area contributed by atoms with Crippen molar-refractivity contribution < 1.29 is 9.47 Å². The Bertz CT molecular complexity index is 315. The van der Waals surface area contributed by atoms with Gasteiger partial charge in [-0.2, -0.15) is 0 Å². The van der Waals surface area contributed by atoms with Gasteiger partial charge in [-0.05, 0) is 38.0 Å². The van der Waals surface area contributed by atoms with Crippen molar-refractivity contribution in [3.8, 4) is 5.75 Å².